The summed E-state index contributed by atoms with van der Waals surface area (Å²) in [5.74, 6) is 0.339. The lowest BCUT2D eigenvalue weighted by Gasteiger charge is -2.18. The van der Waals surface area contributed by atoms with E-state index < -0.39 is 6.10 Å². The van der Waals surface area contributed by atoms with Crippen LogP contribution in [0.2, 0.25) is 0 Å². The van der Waals surface area contributed by atoms with E-state index in [-0.39, 0.29) is 5.91 Å². The van der Waals surface area contributed by atoms with Crippen molar-refractivity contribution in [2.75, 3.05) is 6.54 Å². The van der Waals surface area contributed by atoms with Crippen LogP contribution in [0, 0.1) is 5.92 Å². The Labute approximate surface area is 131 Å². The molecule has 3 nitrogen and oxygen atoms in total. The lowest BCUT2D eigenvalue weighted by molar-refractivity contribution is -0.121. The van der Waals surface area contributed by atoms with Crippen molar-refractivity contribution in [3.8, 4) is 0 Å². The van der Waals surface area contributed by atoms with Crippen LogP contribution in [0.25, 0.3) is 10.8 Å². The summed E-state index contributed by atoms with van der Waals surface area (Å²) in [7, 11) is 0. The van der Waals surface area contributed by atoms with Gasteiger partial charge in [-0.15, -0.1) is 0 Å². The first kappa shape index (κ1) is 15.0. The summed E-state index contributed by atoms with van der Waals surface area (Å²) in [4.78, 5) is 12.2. The standard InChI is InChI=1S/C19H23NO2/c21-18(15-7-1-2-8-15)13-20-19(22)12-16-10-5-9-14-6-3-4-11-17(14)16/h3-6,9-11,15,18,21H,1-2,7-8,12-13H2,(H,20,22). The van der Waals surface area contributed by atoms with Gasteiger partial charge in [0.05, 0.1) is 12.5 Å². The van der Waals surface area contributed by atoms with E-state index in [9.17, 15) is 9.90 Å². The summed E-state index contributed by atoms with van der Waals surface area (Å²) >= 11 is 0. The average Bonchev–Trinajstić information content (AvgIpc) is 3.07. The molecule has 1 aliphatic carbocycles. The molecule has 1 amide bonds. The number of carbonyl (C=O) groups is 1. The number of hydrogen-bond acceptors (Lipinski definition) is 2. The summed E-state index contributed by atoms with van der Waals surface area (Å²) in [6.07, 6.45) is 4.52. The van der Waals surface area contributed by atoms with Crippen LogP contribution in [-0.2, 0) is 11.2 Å². The Balaban J connectivity index is 1.59. The molecule has 3 rings (SSSR count). The number of aliphatic hydroxyl groups excluding tert-OH is 1. The van der Waals surface area contributed by atoms with Crippen molar-refractivity contribution in [3.05, 3.63) is 48.0 Å². The topological polar surface area (TPSA) is 49.3 Å². The number of nitrogens with one attached hydrogen (secondary N) is 1. The molecule has 2 aromatic carbocycles. The second kappa shape index (κ2) is 6.93. The number of hydrogen-bond donors (Lipinski definition) is 2. The minimum atomic E-state index is -0.404. The molecule has 3 heteroatoms. The van der Waals surface area contributed by atoms with Crippen LogP contribution >= 0.6 is 0 Å². The molecule has 1 fully saturated rings. The van der Waals surface area contributed by atoms with Gasteiger partial charge in [0.2, 0.25) is 5.91 Å². The van der Waals surface area contributed by atoms with E-state index in [0.29, 0.717) is 18.9 Å². The van der Waals surface area contributed by atoms with Crippen LogP contribution in [0.15, 0.2) is 42.5 Å². The molecule has 1 atom stereocenters. The summed E-state index contributed by atoms with van der Waals surface area (Å²) in [5.41, 5.74) is 1.03. The van der Waals surface area contributed by atoms with Gasteiger partial charge in [-0.3, -0.25) is 4.79 Å². The highest BCUT2D eigenvalue weighted by Gasteiger charge is 2.23. The lowest BCUT2D eigenvalue weighted by Crippen LogP contribution is -2.36. The Bertz CT molecular complexity index is 641. The Hall–Kier alpha value is -1.87. The molecule has 1 saturated carbocycles. The molecule has 116 valence electrons. The first-order valence-electron chi connectivity index (χ1n) is 8.15. The lowest BCUT2D eigenvalue weighted by atomic mass is 10.0. The first-order chi connectivity index (χ1) is 10.7. The summed E-state index contributed by atoms with van der Waals surface area (Å²) in [6.45, 7) is 0.369. The molecule has 0 heterocycles. The summed E-state index contributed by atoms with van der Waals surface area (Å²) in [6, 6.07) is 14.1. The second-order valence-corrected chi connectivity index (χ2v) is 6.23. The maximum Gasteiger partial charge on any atom is 0.224 e. The van der Waals surface area contributed by atoms with Gasteiger partial charge in [-0.1, -0.05) is 55.3 Å². The number of aliphatic hydroxyl groups is 1. The van der Waals surface area contributed by atoms with E-state index in [4.69, 9.17) is 0 Å². The Kier molecular flexibility index (Phi) is 4.74. The SMILES string of the molecule is O=C(Cc1cccc2ccccc12)NCC(O)C1CCCC1. The molecule has 1 aliphatic rings. The molecule has 0 spiro atoms. The molecule has 0 radical (unpaired) electrons. The fraction of sp³-hybridized carbons (Fsp3) is 0.421. The summed E-state index contributed by atoms with van der Waals surface area (Å²) in [5, 5.41) is 15.3. The third-order valence-corrected chi connectivity index (χ3v) is 4.68. The van der Waals surface area contributed by atoms with E-state index in [1.54, 1.807) is 0 Å². The molecule has 1 unspecified atom stereocenters. The predicted octanol–water partition coefficient (Wildman–Crippen LogP) is 3.05. The molecule has 2 aromatic rings. The molecular weight excluding hydrogens is 274 g/mol. The van der Waals surface area contributed by atoms with Crippen LogP contribution in [-0.4, -0.2) is 23.7 Å². The van der Waals surface area contributed by atoms with Gasteiger partial charge in [0.1, 0.15) is 0 Å². The average molecular weight is 297 g/mol. The normalized spacial score (nSPS) is 16.8. The van der Waals surface area contributed by atoms with E-state index in [1.807, 2.05) is 30.3 Å². The molecule has 2 N–H and O–H groups in total. The molecule has 0 bridgehead atoms. The van der Waals surface area contributed by atoms with Crippen LogP contribution in [0.3, 0.4) is 0 Å². The van der Waals surface area contributed by atoms with Crippen LogP contribution in [0.4, 0.5) is 0 Å². The van der Waals surface area contributed by atoms with E-state index >= 15 is 0 Å². The number of benzene rings is 2. The predicted molar refractivity (Wildman–Crippen MR) is 88.6 cm³/mol. The zero-order valence-electron chi connectivity index (χ0n) is 12.8. The number of rotatable bonds is 5. The van der Waals surface area contributed by atoms with Crippen molar-refractivity contribution in [1.82, 2.24) is 5.32 Å². The molecular formula is C19H23NO2. The fourth-order valence-electron chi connectivity index (χ4n) is 3.41. The van der Waals surface area contributed by atoms with Gasteiger partial charge in [-0.05, 0) is 35.1 Å². The zero-order valence-corrected chi connectivity index (χ0v) is 12.8. The molecule has 0 aliphatic heterocycles. The Morgan fingerprint density at radius 2 is 1.86 bits per heavy atom. The van der Waals surface area contributed by atoms with Gasteiger partial charge in [0, 0.05) is 6.54 Å². The highest BCUT2D eigenvalue weighted by molar-refractivity contribution is 5.90. The maximum atomic E-state index is 12.2. The van der Waals surface area contributed by atoms with Crippen molar-refractivity contribution < 1.29 is 9.90 Å². The molecule has 22 heavy (non-hydrogen) atoms. The van der Waals surface area contributed by atoms with Crippen molar-refractivity contribution >= 4 is 16.7 Å². The molecule has 0 aromatic heterocycles. The minimum absolute atomic E-state index is 0.0200. The number of amides is 1. The van der Waals surface area contributed by atoms with Crippen molar-refractivity contribution in [2.24, 2.45) is 5.92 Å². The Morgan fingerprint density at radius 3 is 2.68 bits per heavy atom. The maximum absolute atomic E-state index is 12.2. The zero-order chi connectivity index (χ0) is 15.4. The van der Waals surface area contributed by atoms with E-state index in [2.05, 4.69) is 17.4 Å². The Morgan fingerprint density at radius 1 is 1.14 bits per heavy atom. The smallest absolute Gasteiger partial charge is 0.224 e. The third-order valence-electron chi connectivity index (χ3n) is 4.68. The van der Waals surface area contributed by atoms with Gasteiger partial charge in [0.15, 0.2) is 0 Å². The van der Waals surface area contributed by atoms with E-state index in [1.165, 1.54) is 12.8 Å². The largest absolute Gasteiger partial charge is 0.391 e. The minimum Gasteiger partial charge on any atom is -0.391 e. The van der Waals surface area contributed by atoms with Gasteiger partial charge in [0.25, 0.3) is 0 Å². The van der Waals surface area contributed by atoms with Gasteiger partial charge >= 0.3 is 0 Å². The molecule has 0 saturated heterocycles. The number of carbonyl (C=O) groups excluding carboxylic acids is 1. The summed E-state index contributed by atoms with van der Waals surface area (Å²) < 4.78 is 0. The second-order valence-electron chi connectivity index (χ2n) is 6.23. The van der Waals surface area contributed by atoms with Crippen LogP contribution in [0.5, 0.6) is 0 Å². The third kappa shape index (κ3) is 3.47. The van der Waals surface area contributed by atoms with Crippen LogP contribution < -0.4 is 5.32 Å². The van der Waals surface area contributed by atoms with E-state index in [0.717, 1.165) is 29.2 Å². The van der Waals surface area contributed by atoms with Gasteiger partial charge < -0.3 is 10.4 Å². The fourth-order valence-corrected chi connectivity index (χ4v) is 3.41. The monoisotopic (exact) mass is 297 g/mol. The van der Waals surface area contributed by atoms with Gasteiger partial charge in [-0.25, -0.2) is 0 Å². The quantitative estimate of drug-likeness (QED) is 0.891. The highest BCUT2D eigenvalue weighted by atomic mass is 16.3. The van der Waals surface area contributed by atoms with Crippen LogP contribution in [0.1, 0.15) is 31.2 Å². The van der Waals surface area contributed by atoms with Gasteiger partial charge in [-0.2, -0.15) is 0 Å². The first-order valence-corrected chi connectivity index (χ1v) is 8.15. The van der Waals surface area contributed by atoms with Crippen molar-refractivity contribution in [1.29, 1.82) is 0 Å². The van der Waals surface area contributed by atoms with Crippen molar-refractivity contribution in [3.63, 3.8) is 0 Å². The highest BCUT2D eigenvalue weighted by Crippen LogP contribution is 2.27. The van der Waals surface area contributed by atoms with Crippen molar-refractivity contribution in [2.45, 2.75) is 38.2 Å². The number of fused-ring (bicyclic) bond motifs is 1.